The molecule has 0 aliphatic heterocycles. The number of nitrogens with one attached hydrogen (secondary N) is 1. The number of hydrogen-bond acceptors (Lipinski definition) is 4. The zero-order valence-electron chi connectivity index (χ0n) is 18.2. The maximum absolute atomic E-state index is 12.7. The number of amides is 1. The number of carbonyl (C=O) groups is 1. The van der Waals surface area contributed by atoms with Gasteiger partial charge in [-0.3, -0.25) is 4.79 Å². The molecule has 0 aliphatic carbocycles. The Bertz CT molecular complexity index is 1460. The number of halogens is 1. The Balaban J connectivity index is 1.41. The van der Waals surface area contributed by atoms with E-state index in [2.05, 4.69) is 10.3 Å². The van der Waals surface area contributed by atoms with Gasteiger partial charge < -0.3 is 14.8 Å². The molecule has 2 aromatic heterocycles. The largest absolute Gasteiger partial charge is 0.456 e. The number of anilines is 1. The summed E-state index contributed by atoms with van der Waals surface area (Å²) in [6, 6.07) is 28.0. The van der Waals surface area contributed by atoms with E-state index < -0.39 is 0 Å². The Morgan fingerprint density at radius 1 is 0.941 bits per heavy atom. The zero-order chi connectivity index (χ0) is 23.5. The predicted octanol–water partition coefficient (Wildman–Crippen LogP) is 6.48. The Labute approximate surface area is 201 Å². The molecule has 5 nitrogen and oxygen atoms in total. The van der Waals surface area contributed by atoms with E-state index in [0.717, 1.165) is 39.1 Å². The smallest absolute Gasteiger partial charge is 0.274 e. The van der Waals surface area contributed by atoms with Crippen molar-refractivity contribution in [3.63, 3.8) is 0 Å². The van der Waals surface area contributed by atoms with Gasteiger partial charge in [0.15, 0.2) is 0 Å². The fraction of sp³-hybridized carbons (Fsp3) is 0.0714. The third-order valence-electron chi connectivity index (χ3n) is 5.52. The van der Waals surface area contributed by atoms with E-state index in [0.29, 0.717) is 22.8 Å². The molecule has 0 saturated heterocycles. The minimum Gasteiger partial charge on any atom is -0.456 e. The highest BCUT2D eigenvalue weighted by molar-refractivity contribution is 6.31. The molecule has 34 heavy (non-hydrogen) atoms. The Hall–Kier alpha value is -3.93. The predicted molar refractivity (Wildman–Crippen MR) is 134 cm³/mol. The molecule has 5 rings (SSSR count). The highest BCUT2D eigenvalue weighted by atomic mass is 35.5. The Morgan fingerprint density at radius 2 is 1.74 bits per heavy atom. The van der Waals surface area contributed by atoms with Crippen molar-refractivity contribution in [2.45, 2.75) is 13.0 Å². The quantitative estimate of drug-likeness (QED) is 0.299. The topological polar surface area (TPSA) is 75.4 Å². The first-order valence-corrected chi connectivity index (χ1v) is 11.2. The van der Waals surface area contributed by atoms with Gasteiger partial charge in [-0.2, -0.15) is 0 Å². The molecule has 0 unspecified atom stereocenters. The molecule has 0 fully saturated rings. The van der Waals surface area contributed by atoms with Crippen LogP contribution in [0.3, 0.4) is 0 Å². The van der Waals surface area contributed by atoms with Gasteiger partial charge in [0.05, 0.1) is 6.61 Å². The number of aromatic nitrogens is 1. The van der Waals surface area contributed by atoms with E-state index in [1.165, 1.54) is 0 Å². The van der Waals surface area contributed by atoms with Crippen molar-refractivity contribution >= 4 is 34.2 Å². The van der Waals surface area contributed by atoms with Crippen molar-refractivity contribution < 1.29 is 14.3 Å². The van der Waals surface area contributed by atoms with Crippen LogP contribution in [0.15, 0.2) is 95.4 Å². The molecule has 0 radical (unpaired) electrons. The van der Waals surface area contributed by atoms with Crippen molar-refractivity contribution in [3.05, 3.63) is 119 Å². The van der Waals surface area contributed by atoms with E-state index in [9.17, 15) is 9.90 Å². The van der Waals surface area contributed by atoms with Gasteiger partial charge in [-0.05, 0) is 48.0 Å². The monoisotopic (exact) mass is 468 g/mol. The second-order valence-corrected chi connectivity index (χ2v) is 8.40. The summed E-state index contributed by atoms with van der Waals surface area (Å²) >= 11 is 6.40. The van der Waals surface area contributed by atoms with E-state index in [4.69, 9.17) is 16.0 Å². The number of hydrogen-bond donors (Lipinski definition) is 2. The first kappa shape index (κ1) is 21.9. The number of pyridine rings is 1. The average Bonchev–Trinajstić information content (AvgIpc) is 3.29. The van der Waals surface area contributed by atoms with Crippen molar-refractivity contribution in [3.8, 4) is 11.3 Å². The molecule has 0 aliphatic rings. The van der Waals surface area contributed by atoms with E-state index in [1.807, 2.05) is 60.7 Å². The normalized spacial score (nSPS) is 11.0. The molecule has 5 aromatic rings. The molecule has 0 spiro atoms. The highest BCUT2D eigenvalue weighted by Gasteiger charge is 2.14. The number of furan rings is 1. The van der Waals surface area contributed by atoms with Gasteiger partial charge in [0.2, 0.25) is 0 Å². The van der Waals surface area contributed by atoms with E-state index in [-0.39, 0.29) is 12.5 Å². The van der Waals surface area contributed by atoms with Gasteiger partial charge in [0.1, 0.15) is 17.0 Å². The molecule has 0 saturated carbocycles. The van der Waals surface area contributed by atoms with Crippen LogP contribution in [0.1, 0.15) is 27.3 Å². The molecular weight excluding hydrogens is 448 g/mol. The highest BCUT2D eigenvalue weighted by Crippen LogP contribution is 2.33. The van der Waals surface area contributed by atoms with E-state index in [1.54, 1.807) is 30.3 Å². The number of aliphatic hydroxyl groups is 1. The van der Waals surface area contributed by atoms with Gasteiger partial charge in [-0.25, -0.2) is 4.98 Å². The van der Waals surface area contributed by atoms with Crippen molar-refractivity contribution in [2.24, 2.45) is 0 Å². The van der Waals surface area contributed by atoms with Crippen LogP contribution in [0.25, 0.3) is 22.3 Å². The summed E-state index contributed by atoms with van der Waals surface area (Å²) in [5.74, 6) is 0.464. The summed E-state index contributed by atoms with van der Waals surface area (Å²) in [5.41, 5.74) is 5.09. The first-order valence-electron chi connectivity index (χ1n) is 10.8. The lowest BCUT2D eigenvalue weighted by molar-refractivity contribution is 0.102. The molecule has 1 amide bonds. The Kier molecular flexibility index (Phi) is 6.12. The molecule has 168 valence electrons. The van der Waals surface area contributed by atoms with Gasteiger partial charge in [0.25, 0.3) is 5.91 Å². The number of carbonyl (C=O) groups excluding carboxylic acids is 1. The van der Waals surface area contributed by atoms with Crippen LogP contribution < -0.4 is 5.32 Å². The van der Waals surface area contributed by atoms with Crippen LogP contribution in [0.4, 0.5) is 5.69 Å². The maximum atomic E-state index is 12.7. The standard InChI is InChI=1S/C28H21ClN2O3/c29-22-13-20(27-21(14-22)16-26(34-27)19-5-2-1-3-6-19)15-24-7-4-8-25(30-24)28(33)31-23-11-9-18(17-32)10-12-23/h1-14,16,32H,15,17H2,(H,31,33). The fourth-order valence-electron chi connectivity index (χ4n) is 3.85. The maximum Gasteiger partial charge on any atom is 0.274 e. The Morgan fingerprint density at radius 3 is 2.50 bits per heavy atom. The number of benzene rings is 3. The fourth-order valence-corrected chi connectivity index (χ4v) is 4.10. The lowest BCUT2D eigenvalue weighted by Gasteiger charge is -2.08. The number of nitrogens with zero attached hydrogens (tertiary/aromatic N) is 1. The van der Waals surface area contributed by atoms with Gasteiger partial charge in [-0.15, -0.1) is 0 Å². The van der Waals surface area contributed by atoms with Crippen LogP contribution in [0, 0.1) is 0 Å². The van der Waals surface area contributed by atoms with E-state index >= 15 is 0 Å². The van der Waals surface area contributed by atoms with Crippen LogP contribution in [0.2, 0.25) is 5.02 Å². The second kappa shape index (κ2) is 9.51. The second-order valence-electron chi connectivity index (χ2n) is 7.96. The summed E-state index contributed by atoms with van der Waals surface area (Å²) < 4.78 is 6.20. The average molecular weight is 469 g/mol. The molecular formula is C28H21ClN2O3. The number of rotatable bonds is 6. The number of fused-ring (bicyclic) bond motifs is 1. The van der Waals surface area contributed by atoms with Gasteiger partial charge >= 0.3 is 0 Å². The summed E-state index contributed by atoms with van der Waals surface area (Å²) in [4.78, 5) is 17.3. The minimum absolute atomic E-state index is 0.0445. The summed E-state index contributed by atoms with van der Waals surface area (Å²) in [7, 11) is 0. The van der Waals surface area contributed by atoms with Crippen molar-refractivity contribution in [1.29, 1.82) is 0 Å². The lowest BCUT2D eigenvalue weighted by atomic mass is 10.1. The van der Waals surface area contributed by atoms with Gasteiger partial charge in [-0.1, -0.05) is 60.1 Å². The van der Waals surface area contributed by atoms with Crippen molar-refractivity contribution in [2.75, 3.05) is 5.32 Å². The molecule has 0 bridgehead atoms. The van der Waals surface area contributed by atoms with Crippen LogP contribution >= 0.6 is 11.6 Å². The van der Waals surface area contributed by atoms with Crippen LogP contribution in [-0.4, -0.2) is 16.0 Å². The third kappa shape index (κ3) is 4.71. The van der Waals surface area contributed by atoms with Gasteiger partial charge in [0, 0.05) is 39.3 Å². The lowest BCUT2D eigenvalue weighted by Crippen LogP contribution is -2.14. The SMILES string of the molecule is O=C(Nc1ccc(CO)cc1)c1cccc(Cc2cc(Cl)cc3cc(-c4ccccc4)oc23)n1. The molecule has 2 N–H and O–H groups in total. The summed E-state index contributed by atoms with van der Waals surface area (Å²) in [6.45, 7) is -0.0445. The molecule has 2 heterocycles. The van der Waals surface area contributed by atoms with Crippen LogP contribution in [0.5, 0.6) is 0 Å². The molecule has 3 aromatic carbocycles. The number of aliphatic hydroxyl groups excluding tert-OH is 1. The third-order valence-corrected chi connectivity index (χ3v) is 5.74. The zero-order valence-corrected chi connectivity index (χ0v) is 18.9. The first-order chi connectivity index (χ1) is 16.6. The van der Waals surface area contributed by atoms with Crippen molar-refractivity contribution in [1.82, 2.24) is 4.98 Å². The summed E-state index contributed by atoms with van der Waals surface area (Å²) in [5, 5.41) is 13.5. The minimum atomic E-state index is -0.306. The summed E-state index contributed by atoms with van der Waals surface area (Å²) in [6.07, 6.45) is 0.463. The molecule has 0 atom stereocenters. The van der Waals surface area contributed by atoms with Crippen LogP contribution in [-0.2, 0) is 13.0 Å². The molecule has 6 heteroatoms.